The highest BCUT2D eigenvalue weighted by Gasteiger charge is 2.16. The molecular weight excluding hydrogens is 392 g/mol. The van der Waals surface area contributed by atoms with Crippen LogP contribution in [-0.4, -0.2) is 25.5 Å². The number of rotatable bonds is 6. The third-order valence-corrected chi connectivity index (χ3v) is 4.73. The van der Waals surface area contributed by atoms with Crippen LogP contribution in [0.15, 0.2) is 30.6 Å². The minimum Gasteiger partial charge on any atom is -0.323 e. The number of nitrogens with zero attached hydrogens (tertiary/aromatic N) is 4. The van der Waals surface area contributed by atoms with Crippen LogP contribution in [0.1, 0.15) is 23.4 Å². The van der Waals surface area contributed by atoms with Crippen molar-refractivity contribution in [2.75, 3.05) is 5.32 Å². The Kier molecular flexibility index (Phi) is 5.82. The molecule has 1 amide bonds. The van der Waals surface area contributed by atoms with Crippen molar-refractivity contribution in [1.29, 1.82) is 0 Å². The van der Waals surface area contributed by atoms with Crippen LogP contribution in [0.4, 0.5) is 10.1 Å². The van der Waals surface area contributed by atoms with Gasteiger partial charge in [0.25, 0.3) is 0 Å². The van der Waals surface area contributed by atoms with E-state index in [-0.39, 0.29) is 18.9 Å². The van der Waals surface area contributed by atoms with E-state index in [1.807, 2.05) is 6.92 Å². The lowest BCUT2D eigenvalue weighted by atomic mass is 10.2. The zero-order chi connectivity index (χ0) is 19.6. The molecule has 9 heteroatoms. The summed E-state index contributed by atoms with van der Waals surface area (Å²) in [6.07, 6.45) is 3.41. The van der Waals surface area contributed by atoms with Gasteiger partial charge in [-0.05, 0) is 26.0 Å². The third-order valence-electron chi connectivity index (χ3n) is 4.19. The summed E-state index contributed by atoms with van der Waals surface area (Å²) in [6.45, 7) is 4.20. The number of carbonyl (C=O) groups excluding carboxylic acids is 1. The van der Waals surface area contributed by atoms with E-state index in [0.717, 1.165) is 5.69 Å². The quantitative estimate of drug-likeness (QED) is 0.662. The zero-order valence-electron chi connectivity index (χ0n) is 14.8. The smallest absolute Gasteiger partial charge is 0.226 e. The summed E-state index contributed by atoms with van der Waals surface area (Å²) < 4.78 is 17.3. The number of carbonyl (C=O) groups is 1. The number of hydrogen-bond acceptors (Lipinski definition) is 3. The summed E-state index contributed by atoms with van der Waals surface area (Å²) in [4.78, 5) is 12.3. The number of hydrogen-bond donors (Lipinski definition) is 1. The molecule has 0 saturated heterocycles. The van der Waals surface area contributed by atoms with Crippen molar-refractivity contribution in [1.82, 2.24) is 19.6 Å². The number of halogens is 3. The molecule has 0 radical (unpaired) electrons. The maximum atomic E-state index is 14.0. The van der Waals surface area contributed by atoms with Gasteiger partial charge < -0.3 is 5.32 Å². The number of amides is 1. The van der Waals surface area contributed by atoms with Crippen LogP contribution in [0.5, 0.6) is 0 Å². The molecule has 27 heavy (non-hydrogen) atoms. The molecule has 0 unspecified atom stereocenters. The van der Waals surface area contributed by atoms with Gasteiger partial charge >= 0.3 is 0 Å². The molecular formula is C18H18Cl2FN5O. The Bertz CT molecular complexity index is 962. The largest absolute Gasteiger partial charge is 0.323 e. The molecule has 0 aliphatic carbocycles. The first kappa shape index (κ1) is 19.4. The second-order valence-corrected chi connectivity index (χ2v) is 6.97. The fraction of sp³-hybridized carbons (Fsp3) is 0.278. The lowest BCUT2D eigenvalue weighted by Crippen LogP contribution is -2.16. The summed E-state index contributed by atoms with van der Waals surface area (Å²) in [7, 11) is 0. The fourth-order valence-corrected chi connectivity index (χ4v) is 3.12. The second-order valence-electron chi connectivity index (χ2n) is 6.12. The molecule has 0 fully saturated rings. The Morgan fingerprint density at radius 1 is 1.30 bits per heavy atom. The molecule has 0 spiro atoms. The van der Waals surface area contributed by atoms with Gasteiger partial charge in [-0.15, -0.1) is 0 Å². The van der Waals surface area contributed by atoms with Gasteiger partial charge in [-0.25, -0.2) is 4.39 Å². The zero-order valence-corrected chi connectivity index (χ0v) is 16.4. The van der Waals surface area contributed by atoms with Gasteiger partial charge in [-0.1, -0.05) is 29.3 Å². The fourth-order valence-electron chi connectivity index (χ4n) is 2.74. The summed E-state index contributed by atoms with van der Waals surface area (Å²) in [5, 5.41) is 12.2. The predicted molar refractivity (Wildman–Crippen MR) is 103 cm³/mol. The third kappa shape index (κ3) is 4.48. The lowest BCUT2D eigenvalue weighted by Gasteiger charge is -2.09. The van der Waals surface area contributed by atoms with Gasteiger partial charge in [0.1, 0.15) is 5.82 Å². The molecule has 0 aliphatic heterocycles. The Labute approximate surface area is 165 Å². The molecule has 0 aliphatic rings. The number of anilines is 1. The minimum absolute atomic E-state index is 0.170. The average Bonchev–Trinajstić information content (AvgIpc) is 3.14. The average molecular weight is 410 g/mol. The second kappa shape index (κ2) is 8.10. The van der Waals surface area contributed by atoms with Crippen LogP contribution in [0, 0.1) is 19.7 Å². The molecule has 1 aromatic carbocycles. The van der Waals surface area contributed by atoms with Crippen LogP contribution in [0.3, 0.4) is 0 Å². The highest BCUT2D eigenvalue weighted by molar-refractivity contribution is 6.31. The minimum atomic E-state index is -0.390. The first-order valence-corrected chi connectivity index (χ1v) is 9.05. The van der Waals surface area contributed by atoms with Crippen molar-refractivity contribution in [3.8, 4) is 0 Å². The molecule has 142 valence electrons. The summed E-state index contributed by atoms with van der Waals surface area (Å²) in [5.41, 5.74) is 2.35. The van der Waals surface area contributed by atoms with Crippen molar-refractivity contribution in [2.45, 2.75) is 33.4 Å². The van der Waals surface area contributed by atoms with Crippen LogP contribution in [0.2, 0.25) is 10.0 Å². The summed E-state index contributed by atoms with van der Waals surface area (Å²) >= 11 is 11.9. The first-order valence-electron chi connectivity index (χ1n) is 8.30. The Morgan fingerprint density at radius 2 is 2.07 bits per heavy atom. The van der Waals surface area contributed by atoms with Crippen molar-refractivity contribution in [3.63, 3.8) is 0 Å². The number of aromatic nitrogens is 4. The standard InChI is InChI=1S/C18H18Cl2FN5O/c1-11-18(23-17(27)6-7-25-9-13(19)8-22-25)12(2)26(24-11)10-14-15(20)4-3-5-16(14)21/h3-5,8-9H,6-7,10H2,1-2H3,(H,23,27). The summed E-state index contributed by atoms with van der Waals surface area (Å²) in [6, 6.07) is 4.55. The molecule has 0 bridgehead atoms. The van der Waals surface area contributed by atoms with E-state index in [1.54, 1.807) is 34.6 Å². The normalized spacial score (nSPS) is 11.0. The highest BCUT2D eigenvalue weighted by Crippen LogP contribution is 2.24. The van der Waals surface area contributed by atoms with Crippen molar-refractivity contribution < 1.29 is 9.18 Å². The van der Waals surface area contributed by atoms with Crippen LogP contribution in [0.25, 0.3) is 0 Å². The van der Waals surface area contributed by atoms with E-state index in [2.05, 4.69) is 15.5 Å². The van der Waals surface area contributed by atoms with E-state index in [4.69, 9.17) is 23.2 Å². The Morgan fingerprint density at radius 3 is 2.74 bits per heavy atom. The van der Waals surface area contributed by atoms with Gasteiger partial charge in [-0.3, -0.25) is 14.2 Å². The first-order chi connectivity index (χ1) is 12.8. The van der Waals surface area contributed by atoms with Crippen LogP contribution < -0.4 is 5.32 Å². The van der Waals surface area contributed by atoms with E-state index >= 15 is 0 Å². The lowest BCUT2D eigenvalue weighted by molar-refractivity contribution is -0.116. The SMILES string of the molecule is Cc1nn(Cc2c(F)cccc2Cl)c(C)c1NC(=O)CCn1cc(Cl)cn1. The van der Waals surface area contributed by atoms with E-state index in [9.17, 15) is 9.18 Å². The molecule has 0 saturated carbocycles. The predicted octanol–water partition coefficient (Wildman–Crippen LogP) is 4.22. The van der Waals surface area contributed by atoms with Gasteiger partial charge in [0.05, 0.1) is 34.8 Å². The van der Waals surface area contributed by atoms with Gasteiger partial charge in [-0.2, -0.15) is 10.2 Å². The Balaban J connectivity index is 1.70. The molecule has 3 rings (SSSR count). The van der Waals surface area contributed by atoms with Crippen LogP contribution in [-0.2, 0) is 17.9 Å². The molecule has 2 heterocycles. The van der Waals surface area contributed by atoms with Crippen molar-refractivity contribution >= 4 is 34.8 Å². The van der Waals surface area contributed by atoms with Gasteiger partial charge in [0.2, 0.25) is 5.91 Å². The van der Waals surface area contributed by atoms with E-state index < -0.39 is 5.82 Å². The van der Waals surface area contributed by atoms with Crippen molar-refractivity contribution in [2.24, 2.45) is 0 Å². The van der Waals surface area contributed by atoms with Gasteiger partial charge in [0.15, 0.2) is 0 Å². The number of nitrogens with one attached hydrogen (secondary N) is 1. The Hall–Kier alpha value is -2.38. The number of benzene rings is 1. The summed E-state index contributed by atoms with van der Waals surface area (Å²) in [5.74, 6) is -0.560. The topological polar surface area (TPSA) is 64.7 Å². The molecule has 0 atom stereocenters. The van der Waals surface area contributed by atoms with E-state index in [0.29, 0.717) is 33.5 Å². The monoisotopic (exact) mass is 409 g/mol. The molecule has 2 aromatic heterocycles. The van der Waals surface area contributed by atoms with Gasteiger partial charge in [0, 0.05) is 29.7 Å². The van der Waals surface area contributed by atoms with Crippen LogP contribution >= 0.6 is 23.2 Å². The number of aryl methyl sites for hydroxylation is 2. The highest BCUT2D eigenvalue weighted by atomic mass is 35.5. The maximum Gasteiger partial charge on any atom is 0.226 e. The van der Waals surface area contributed by atoms with E-state index in [1.165, 1.54) is 12.3 Å². The maximum absolute atomic E-state index is 14.0. The molecule has 1 N–H and O–H groups in total. The molecule has 6 nitrogen and oxygen atoms in total. The molecule has 3 aromatic rings. The van der Waals surface area contributed by atoms with Crippen molar-refractivity contribution in [3.05, 3.63) is 63.4 Å².